The first-order valence-corrected chi connectivity index (χ1v) is 6.94. The van der Waals surface area contributed by atoms with Crippen molar-refractivity contribution in [3.63, 3.8) is 0 Å². The molecule has 3 N–H and O–H groups in total. The molecule has 1 aromatic heterocycles. The van der Waals surface area contributed by atoms with Crippen molar-refractivity contribution < 1.29 is 12.9 Å². The van der Waals surface area contributed by atoms with E-state index in [2.05, 4.69) is 9.88 Å². The first-order valence-electron chi connectivity index (χ1n) is 5.05. The molecule has 0 aliphatic rings. The predicted molar refractivity (Wildman–Crippen MR) is 67.2 cm³/mol. The molecule has 0 radical (unpaired) electrons. The average Bonchev–Trinajstić information content (AvgIpc) is 2.53. The predicted octanol–water partition coefficient (Wildman–Crippen LogP) is 0.636. The van der Waals surface area contributed by atoms with Gasteiger partial charge in [-0.1, -0.05) is 17.4 Å². The van der Waals surface area contributed by atoms with Gasteiger partial charge in [0.2, 0.25) is 10.0 Å². The van der Waals surface area contributed by atoms with Crippen molar-refractivity contribution in [2.45, 2.75) is 31.6 Å². The molecule has 1 rings (SSSR count). The Kier molecular flexibility index (Phi) is 4.61. The van der Waals surface area contributed by atoms with Crippen LogP contribution in [0.2, 0.25) is 0 Å². The molecule has 0 unspecified atom stereocenters. The molecular formula is C9H15N3O3S2. The molecule has 6 nitrogen and oxygen atoms in total. The fourth-order valence-electron chi connectivity index (χ4n) is 1.40. The van der Waals surface area contributed by atoms with Gasteiger partial charge in [-0.05, 0) is 26.7 Å². The van der Waals surface area contributed by atoms with Crippen molar-refractivity contribution in [1.82, 2.24) is 9.88 Å². The summed E-state index contributed by atoms with van der Waals surface area (Å²) in [6.45, 7) is 3.42. The summed E-state index contributed by atoms with van der Waals surface area (Å²) < 4.78 is 31.1. The molecule has 1 aromatic rings. The molecule has 1 heterocycles. The molecule has 0 aliphatic heterocycles. The Morgan fingerprint density at radius 1 is 1.53 bits per heavy atom. The van der Waals surface area contributed by atoms with Gasteiger partial charge in [0.15, 0.2) is 5.76 Å². The number of nitrogens with two attached hydrogens (primary N) is 1. The van der Waals surface area contributed by atoms with Gasteiger partial charge in [-0.15, -0.1) is 0 Å². The van der Waals surface area contributed by atoms with E-state index >= 15 is 0 Å². The van der Waals surface area contributed by atoms with E-state index in [1.807, 2.05) is 0 Å². The van der Waals surface area contributed by atoms with Crippen LogP contribution >= 0.6 is 12.2 Å². The Morgan fingerprint density at radius 3 is 2.65 bits per heavy atom. The van der Waals surface area contributed by atoms with E-state index in [9.17, 15) is 8.42 Å². The van der Waals surface area contributed by atoms with Gasteiger partial charge in [-0.25, -0.2) is 13.1 Å². The molecule has 0 spiro atoms. The number of hydrogen-bond donors (Lipinski definition) is 2. The molecule has 0 aliphatic carbocycles. The molecule has 0 fully saturated rings. The molecule has 0 aromatic carbocycles. The highest BCUT2D eigenvalue weighted by Crippen LogP contribution is 2.18. The van der Waals surface area contributed by atoms with Gasteiger partial charge in [0.25, 0.3) is 0 Å². The topological polar surface area (TPSA) is 98.2 Å². The van der Waals surface area contributed by atoms with Crippen LogP contribution in [0.25, 0.3) is 0 Å². The molecule has 0 saturated carbocycles. The summed E-state index contributed by atoms with van der Waals surface area (Å²) >= 11 is 4.70. The molecule has 17 heavy (non-hydrogen) atoms. The number of hydrogen-bond acceptors (Lipinski definition) is 5. The Balaban J connectivity index is 2.67. The van der Waals surface area contributed by atoms with E-state index in [4.69, 9.17) is 22.5 Å². The van der Waals surface area contributed by atoms with Gasteiger partial charge in [0.1, 0.15) is 10.6 Å². The van der Waals surface area contributed by atoms with Crippen molar-refractivity contribution in [3.8, 4) is 0 Å². The highest BCUT2D eigenvalue weighted by atomic mass is 32.2. The Bertz CT molecular complexity index is 488. The molecule has 96 valence electrons. The Morgan fingerprint density at radius 2 is 2.18 bits per heavy atom. The van der Waals surface area contributed by atoms with Crippen LogP contribution in [0.5, 0.6) is 0 Å². The van der Waals surface area contributed by atoms with Crippen LogP contribution in [0.4, 0.5) is 0 Å². The minimum atomic E-state index is -3.57. The highest BCUT2D eigenvalue weighted by molar-refractivity contribution is 7.89. The number of sulfonamides is 1. The van der Waals surface area contributed by atoms with Crippen LogP contribution in [-0.2, 0) is 10.0 Å². The lowest BCUT2D eigenvalue weighted by molar-refractivity contribution is 0.390. The standard InChI is InChI=1S/C9H15N3O3S2/c1-6-9(7(2)15-12-6)17(13,14)11-5-3-4-8(10)16/h11H,3-5H2,1-2H3,(H2,10,16). The van der Waals surface area contributed by atoms with E-state index in [1.165, 1.54) is 0 Å². The fourth-order valence-corrected chi connectivity index (χ4v) is 2.94. The fraction of sp³-hybridized carbons (Fsp3) is 0.556. The van der Waals surface area contributed by atoms with Gasteiger partial charge in [0, 0.05) is 6.54 Å². The molecule has 8 heteroatoms. The third-order valence-corrected chi connectivity index (χ3v) is 4.04. The molecule has 0 saturated heterocycles. The van der Waals surface area contributed by atoms with Gasteiger partial charge in [-0.3, -0.25) is 0 Å². The second kappa shape index (κ2) is 5.56. The highest BCUT2D eigenvalue weighted by Gasteiger charge is 2.23. The van der Waals surface area contributed by atoms with Crippen molar-refractivity contribution >= 4 is 27.2 Å². The summed E-state index contributed by atoms with van der Waals surface area (Å²) in [6.07, 6.45) is 1.08. The van der Waals surface area contributed by atoms with E-state index < -0.39 is 10.0 Å². The summed E-state index contributed by atoms with van der Waals surface area (Å²) in [5.41, 5.74) is 5.67. The van der Waals surface area contributed by atoms with Crippen LogP contribution in [0.3, 0.4) is 0 Å². The third-order valence-electron chi connectivity index (χ3n) is 2.13. The maximum atomic E-state index is 11.9. The van der Waals surface area contributed by atoms with Crippen LogP contribution in [0.1, 0.15) is 24.3 Å². The Hall–Kier alpha value is -0.990. The lowest BCUT2D eigenvalue weighted by Gasteiger charge is -2.05. The van der Waals surface area contributed by atoms with Gasteiger partial charge in [-0.2, -0.15) is 0 Å². The van der Waals surface area contributed by atoms with Crippen LogP contribution < -0.4 is 10.5 Å². The minimum Gasteiger partial charge on any atom is -0.393 e. The van der Waals surface area contributed by atoms with Crippen molar-refractivity contribution in [3.05, 3.63) is 11.5 Å². The van der Waals surface area contributed by atoms with Crippen LogP contribution in [0, 0.1) is 13.8 Å². The number of thiocarbonyl (C=S) groups is 1. The van der Waals surface area contributed by atoms with E-state index in [0.29, 0.717) is 23.5 Å². The molecular weight excluding hydrogens is 262 g/mol. The zero-order valence-corrected chi connectivity index (χ0v) is 11.3. The number of nitrogens with one attached hydrogen (secondary N) is 1. The van der Waals surface area contributed by atoms with E-state index in [0.717, 1.165) is 0 Å². The zero-order chi connectivity index (χ0) is 13.1. The lowest BCUT2D eigenvalue weighted by Crippen LogP contribution is -2.26. The first kappa shape index (κ1) is 14.1. The first-order chi connectivity index (χ1) is 7.84. The van der Waals surface area contributed by atoms with Crippen LogP contribution in [0.15, 0.2) is 9.42 Å². The molecule has 0 atom stereocenters. The SMILES string of the molecule is Cc1noc(C)c1S(=O)(=O)NCCCC(N)=S. The van der Waals surface area contributed by atoms with Crippen molar-refractivity contribution in [2.75, 3.05) is 6.54 Å². The maximum absolute atomic E-state index is 11.9. The normalized spacial score (nSPS) is 11.6. The van der Waals surface area contributed by atoms with E-state index in [-0.39, 0.29) is 17.2 Å². The zero-order valence-electron chi connectivity index (χ0n) is 9.69. The van der Waals surface area contributed by atoms with Gasteiger partial charge >= 0.3 is 0 Å². The lowest BCUT2D eigenvalue weighted by atomic mass is 10.3. The number of rotatable bonds is 6. The smallest absolute Gasteiger partial charge is 0.245 e. The van der Waals surface area contributed by atoms with Gasteiger partial charge in [0.05, 0.1) is 4.99 Å². The third kappa shape index (κ3) is 3.76. The number of aryl methyl sites for hydroxylation is 2. The molecule has 0 bridgehead atoms. The van der Waals surface area contributed by atoms with Crippen molar-refractivity contribution in [2.24, 2.45) is 5.73 Å². The Labute approximate surface area is 106 Å². The monoisotopic (exact) mass is 277 g/mol. The van der Waals surface area contributed by atoms with E-state index in [1.54, 1.807) is 13.8 Å². The van der Waals surface area contributed by atoms with Crippen molar-refractivity contribution in [1.29, 1.82) is 0 Å². The largest absolute Gasteiger partial charge is 0.393 e. The summed E-state index contributed by atoms with van der Waals surface area (Å²) in [5, 5.41) is 3.60. The number of nitrogens with zero attached hydrogens (tertiary/aromatic N) is 1. The second-order valence-corrected chi connectivity index (χ2v) is 5.85. The van der Waals surface area contributed by atoms with Gasteiger partial charge < -0.3 is 10.3 Å². The number of aromatic nitrogens is 1. The summed E-state index contributed by atoms with van der Waals surface area (Å²) in [5.74, 6) is 0.282. The summed E-state index contributed by atoms with van der Waals surface area (Å²) in [7, 11) is -3.57. The summed E-state index contributed by atoms with van der Waals surface area (Å²) in [6, 6.07) is 0. The minimum absolute atomic E-state index is 0.104. The maximum Gasteiger partial charge on any atom is 0.245 e. The average molecular weight is 277 g/mol. The second-order valence-electron chi connectivity index (χ2n) is 3.62. The summed E-state index contributed by atoms with van der Waals surface area (Å²) in [4.78, 5) is 0.481. The molecule has 0 amide bonds. The quantitative estimate of drug-likeness (QED) is 0.585. The van der Waals surface area contributed by atoms with Crippen LogP contribution in [-0.4, -0.2) is 25.1 Å².